The van der Waals surface area contributed by atoms with E-state index in [1.807, 2.05) is 4.90 Å². The number of carbonyl (C=O) groups is 2. The first kappa shape index (κ1) is 13.9. The Hall–Kier alpha value is -2.08. The standard InChI is InChI=1S/C15H19N3O3/c19-14(20)11-1-3-12(4-2-11)16-15(21)18-9-7-17(8-10-18)13-5-6-13/h1-4,13H,5-10H2,(H,16,21)(H,19,20). The van der Waals surface area contributed by atoms with Gasteiger partial charge in [0.25, 0.3) is 0 Å². The van der Waals surface area contributed by atoms with Gasteiger partial charge in [-0.3, -0.25) is 4.90 Å². The second-order valence-corrected chi connectivity index (χ2v) is 5.57. The van der Waals surface area contributed by atoms with E-state index in [1.165, 1.54) is 25.0 Å². The van der Waals surface area contributed by atoms with Crippen molar-refractivity contribution in [2.24, 2.45) is 0 Å². The molecule has 0 spiro atoms. The second-order valence-electron chi connectivity index (χ2n) is 5.57. The number of amides is 2. The van der Waals surface area contributed by atoms with Crippen LogP contribution in [0.3, 0.4) is 0 Å². The third-order valence-electron chi connectivity index (χ3n) is 4.05. The topological polar surface area (TPSA) is 72.9 Å². The van der Waals surface area contributed by atoms with E-state index in [4.69, 9.17) is 5.11 Å². The SMILES string of the molecule is O=C(O)c1ccc(NC(=O)N2CCN(C3CC3)CC2)cc1. The van der Waals surface area contributed by atoms with E-state index in [9.17, 15) is 9.59 Å². The molecule has 6 heteroatoms. The zero-order valence-corrected chi connectivity index (χ0v) is 11.8. The van der Waals surface area contributed by atoms with Crippen molar-refractivity contribution < 1.29 is 14.7 Å². The van der Waals surface area contributed by atoms with E-state index in [0.29, 0.717) is 5.69 Å². The van der Waals surface area contributed by atoms with Crippen molar-refractivity contribution in [3.05, 3.63) is 29.8 Å². The van der Waals surface area contributed by atoms with Gasteiger partial charge in [-0.2, -0.15) is 0 Å². The number of nitrogens with zero attached hydrogens (tertiary/aromatic N) is 2. The molecule has 1 heterocycles. The molecule has 3 rings (SSSR count). The highest BCUT2D eigenvalue weighted by atomic mass is 16.4. The Balaban J connectivity index is 1.52. The summed E-state index contributed by atoms with van der Waals surface area (Å²) in [6, 6.07) is 6.84. The van der Waals surface area contributed by atoms with Gasteiger partial charge in [0.1, 0.15) is 0 Å². The molecule has 1 aliphatic heterocycles. The zero-order chi connectivity index (χ0) is 14.8. The number of carboxylic acid groups (broad SMARTS) is 1. The molecule has 0 aromatic heterocycles. The maximum Gasteiger partial charge on any atom is 0.335 e. The van der Waals surface area contributed by atoms with Crippen molar-refractivity contribution in [3.63, 3.8) is 0 Å². The molecule has 112 valence electrons. The minimum Gasteiger partial charge on any atom is -0.478 e. The summed E-state index contributed by atoms with van der Waals surface area (Å²) in [5, 5.41) is 11.6. The van der Waals surface area contributed by atoms with Gasteiger partial charge in [-0.05, 0) is 37.1 Å². The number of carboxylic acids is 1. The molecule has 2 fully saturated rings. The van der Waals surface area contributed by atoms with Crippen LogP contribution in [-0.4, -0.2) is 59.1 Å². The van der Waals surface area contributed by atoms with Crippen LogP contribution in [0.1, 0.15) is 23.2 Å². The summed E-state index contributed by atoms with van der Waals surface area (Å²) in [6.45, 7) is 3.37. The minimum absolute atomic E-state index is 0.117. The van der Waals surface area contributed by atoms with Crippen LogP contribution in [0, 0.1) is 0 Å². The van der Waals surface area contributed by atoms with Crippen LogP contribution in [0.5, 0.6) is 0 Å². The second kappa shape index (κ2) is 5.73. The van der Waals surface area contributed by atoms with E-state index >= 15 is 0 Å². The van der Waals surface area contributed by atoms with Gasteiger partial charge >= 0.3 is 12.0 Å². The van der Waals surface area contributed by atoms with Crippen molar-refractivity contribution in [2.75, 3.05) is 31.5 Å². The molecule has 2 amide bonds. The third-order valence-corrected chi connectivity index (χ3v) is 4.05. The number of benzene rings is 1. The number of hydrogen-bond acceptors (Lipinski definition) is 3. The monoisotopic (exact) mass is 289 g/mol. The molecule has 1 saturated carbocycles. The lowest BCUT2D eigenvalue weighted by Gasteiger charge is -2.34. The van der Waals surface area contributed by atoms with Gasteiger partial charge in [-0.1, -0.05) is 0 Å². The number of nitrogens with one attached hydrogen (secondary N) is 1. The molecule has 0 radical (unpaired) electrons. The fourth-order valence-corrected chi connectivity index (χ4v) is 2.63. The average molecular weight is 289 g/mol. The molecule has 1 aromatic carbocycles. The number of urea groups is 1. The van der Waals surface area contributed by atoms with Crippen molar-refractivity contribution >= 4 is 17.7 Å². The van der Waals surface area contributed by atoms with Gasteiger partial charge in [0.05, 0.1) is 5.56 Å². The lowest BCUT2D eigenvalue weighted by Crippen LogP contribution is -2.50. The van der Waals surface area contributed by atoms with Crippen molar-refractivity contribution in [1.29, 1.82) is 0 Å². The molecular formula is C15H19N3O3. The van der Waals surface area contributed by atoms with Gasteiger partial charge in [-0.15, -0.1) is 0 Å². The highest BCUT2D eigenvalue weighted by molar-refractivity contribution is 5.91. The predicted octanol–water partition coefficient (Wildman–Crippen LogP) is 1.70. The Morgan fingerprint density at radius 1 is 1.05 bits per heavy atom. The molecule has 0 bridgehead atoms. The molecule has 21 heavy (non-hydrogen) atoms. The predicted molar refractivity (Wildman–Crippen MR) is 78.6 cm³/mol. The summed E-state index contributed by atoms with van der Waals surface area (Å²) < 4.78 is 0. The normalized spacial score (nSPS) is 19.3. The molecule has 1 aromatic rings. The Morgan fingerprint density at radius 2 is 1.67 bits per heavy atom. The fourth-order valence-electron chi connectivity index (χ4n) is 2.63. The van der Waals surface area contributed by atoms with Crippen LogP contribution < -0.4 is 5.32 Å². The molecule has 0 unspecified atom stereocenters. The number of carbonyl (C=O) groups excluding carboxylic acids is 1. The van der Waals surface area contributed by atoms with E-state index in [2.05, 4.69) is 10.2 Å². The summed E-state index contributed by atoms with van der Waals surface area (Å²) in [6.07, 6.45) is 2.59. The van der Waals surface area contributed by atoms with Crippen molar-refractivity contribution in [2.45, 2.75) is 18.9 Å². The maximum atomic E-state index is 12.2. The van der Waals surface area contributed by atoms with Crippen LogP contribution in [0.4, 0.5) is 10.5 Å². The van der Waals surface area contributed by atoms with Gasteiger partial charge in [0, 0.05) is 37.9 Å². The maximum absolute atomic E-state index is 12.2. The number of aromatic carboxylic acids is 1. The highest BCUT2D eigenvalue weighted by Crippen LogP contribution is 2.27. The first-order valence-electron chi connectivity index (χ1n) is 7.27. The molecular weight excluding hydrogens is 270 g/mol. The van der Waals surface area contributed by atoms with Crippen LogP contribution in [0.15, 0.2) is 24.3 Å². The number of hydrogen-bond donors (Lipinski definition) is 2. The average Bonchev–Trinajstić information content (AvgIpc) is 3.32. The Labute approximate surface area is 123 Å². The Kier molecular flexibility index (Phi) is 3.79. The van der Waals surface area contributed by atoms with Crippen LogP contribution in [-0.2, 0) is 0 Å². The lowest BCUT2D eigenvalue weighted by atomic mass is 10.2. The molecule has 2 aliphatic rings. The van der Waals surface area contributed by atoms with Crippen LogP contribution in [0.2, 0.25) is 0 Å². The zero-order valence-electron chi connectivity index (χ0n) is 11.8. The Bertz CT molecular complexity index is 532. The molecule has 1 aliphatic carbocycles. The van der Waals surface area contributed by atoms with E-state index in [0.717, 1.165) is 32.2 Å². The number of piperazine rings is 1. The summed E-state index contributed by atoms with van der Waals surface area (Å²) >= 11 is 0. The van der Waals surface area contributed by atoms with Crippen LogP contribution >= 0.6 is 0 Å². The molecule has 1 saturated heterocycles. The number of anilines is 1. The van der Waals surface area contributed by atoms with Gasteiger partial charge in [-0.25, -0.2) is 9.59 Å². The third kappa shape index (κ3) is 3.33. The fraction of sp³-hybridized carbons (Fsp3) is 0.467. The quantitative estimate of drug-likeness (QED) is 0.888. The molecule has 2 N–H and O–H groups in total. The smallest absolute Gasteiger partial charge is 0.335 e. The highest BCUT2D eigenvalue weighted by Gasteiger charge is 2.32. The van der Waals surface area contributed by atoms with Crippen molar-refractivity contribution in [1.82, 2.24) is 9.80 Å². The first-order chi connectivity index (χ1) is 10.1. The lowest BCUT2D eigenvalue weighted by molar-refractivity contribution is 0.0697. The summed E-state index contributed by atoms with van der Waals surface area (Å²) in [5.74, 6) is -0.968. The summed E-state index contributed by atoms with van der Waals surface area (Å²) in [4.78, 5) is 27.2. The van der Waals surface area contributed by atoms with Crippen LogP contribution in [0.25, 0.3) is 0 Å². The molecule has 0 atom stereocenters. The minimum atomic E-state index is -0.968. The first-order valence-corrected chi connectivity index (χ1v) is 7.27. The van der Waals surface area contributed by atoms with E-state index in [-0.39, 0.29) is 11.6 Å². The van der Waals surface area contributed by atoms with E-state index < -0.39 is 5.97 Å². The molecule has 6 nitrogen and oxygen atoms in total. The Morgan fingerprint density at radius 3 is 2.19 bits per heavy atom. The van der Waals surface area contributed by atoms with Gasteiger partial charge < -0.3 is 15.3 Å². The van der Waals surface area contributed by atoms with Crippen molar-refractivity contribution in [3.8, 4) is 0 Å². The van der Waals surface area contributed by atoms with E-state index in [1.54, 1.807) is 12.1 Å². The number of rotatable bonds is 3. The summed E-state index contributed by atoms with van der Waals surface area (Å²) in [5.41, 5.74) is 0.834. The van der Waals surface area contributed by atoms with Gasteiger partial charge in [0.15, 0.2) is 0 Å². The largest absolute Gasteiger partial charge is 0.478 e. The van der Waals surface area contributed by atoms with Gasteiger partial charge in [0.2, 0.25) is 0 Å². The summed E-state index contributed by atoms with van der Waals surface area (Å²) in [7, 11) is 0.